The van der Waals surface area contributed by atoms with Gasteiger partial charge in [-0.25, -0.2) is 0 Å². The summed E-state index contributed by atoms with van der Waals surface area (Å²) in [6.07, 6.45) is 0. The van der Waals surface area contributed by atoms with Crippen LogP contribution in [0.5, 0.6) is 0 Å². The third-order valence-corrected chi connectivity index (χ3v) is 9.10. The highest BCUT2D eigenvalue weighted by atomic mass is 24.5. The van der Waals surface area contributed by atoms with Crippen LogP contribution in [0.2, 0.25) is 0 Å². The molecule has 4 aromatic rings. The Balaban J connectivity index is 1.51. The van der Waals surface area contributed by atoms with Crippen LogP contribution in [0.3, 0.4) is 0 Å². The van der Waals surface area contributed by atoms with E-state index in [1.165, 1.54) is 22.3 Å². The largest absolute Gasteiger partial charge is 0.401 e. The third kappa shape index (κ3) is 2.28. The summed E-state index contributed by atoms with van der Waals surface area (Å²) in [6.45, 7) is 0. The fourth-order valence-electron chi connectivity index (χ4n) is 5.26. The van der Waals surface area contributed by atoms with E-state index in [1.54, 1.807) is 22.3 Å². The zero-order chi connectivity index (χ0) is 17.8. The van der Waals surface area contributed by atoms with Crippen molar-refractivity contribution in [2.45, 2.75) is 8.09 Å². The first-order chi connectivity index (χ1) is 13.4. The Morgan fingerprint density at radius 3 is 0.926 bits per heavy atom. The van der Waals surface area contributed by atoms with Crippen LogP contribution in [0.15, 0.2) is 97.1 Å². The molecule has 0 radical (unpaired) electrons. The lowest BCUT2D eigenvalue weighted by Gasteiger charge is -2.19. The summed E-state index contributed by atoms with van der Waals surface area (Å²) < 4.78 is 1.20. The first kappa shape index (κ1) is 15.7. The van der Waals surface area contributed by atoms with Gasteiger partial charge in [-0.2, -0.15) is 0 Å². The number of hydrogen-bond acceptors (Lipinski definition) is 0. The van der Waals surface area contributed by atoms with Crippen molar-refractivity contribution in [2.24, 2.45) is 0 Å². The lowest BCUT2D eigenvalue weighted by Crippen LogP contribution is -2.16. The molecule has 6 rings (SSSR count). The number of fused-ring (bicyclic) bond motifs is 6. The molecule has 0 aromatic heterocycles. The fraction of sp³-hybridized carbons (Fsp3) is 0.0769. The van der Waals surface area contributed by atoms with Gasteiger partial charge < -0.3 is 0 Å². The molecular formula is C26H18Mg. The quantitative estimate of drug-likeness (QED) is 0.374. The van der Waals surface area contributed by atoms with Crippen LogP contribution in [0.1, 0.15) is 30.3 Å². The van der Waals surface area contributed by atoms with Crippen molar-refractivity contribution in [1.29, 1.82) is 0 Å². The van der Waals surface area contributed by atoms with Crippen LogP contribution in [0.25, 0.3) is 22.3 Å². The molecule has 4 aromatic carbocycles. The van der Waals surface area contributed by atoms with E-state index in [4.69, 9.17) is 0 Å². The zero-order valence-electron chi connectivity index (χ0n) is 15.1. The highest BCUT2D eigenvalue weighted by Gasteiger charge is 2.36. The van der Waals surface area contributed by atoms with Crippen LogP contribution < -0.4 is 0 Å². The topological polar surface area (TPSA) is 0 Å². The molecular weight excluding hydrogens is 337 g/mol. The Bertz CT molecular complexity index is 990. The molecule has 0 atom stereocenters. The molecule has 0 fully saturated rings. The molecule has 0 spiro atoms. The average molecular weight is 355 g/mol. The molecule has 0 amide bonds. The van der Waals surface area contributed by atoms with Gasteiger partial charge in [0.15, 0.2) is 0 Å². The van der Waals surface area contributed by atoms with Gasteiger partial charge in [0.1, 0.15) is 0 Å². The van der Waals surface area contributed by atoms with Gasteiger partial charge >= 0.3 is 20.4 Å². The van der Waals surface area contributed by atoms with E-state index in [1.807, 2.05) is 0 Å². The Morgan fingerprint density at radius 2 is 0.630 bits per heavy atom. The maximum absolute atomic E-state index is 2.36. The monoisotopic (exact) mass is 354 g/mol. The van der Waals surface area contributed by atoms with Crippen LogP contribution in [0, 0.1) is 0 Å². The van der Waals surface area contributed by atoms with Crippen LogP contribution in [-0.2, 0) is 0 Å². The minimum atomic E-state index is -0.470. The van der Waals surface area contributed by atoms with Gasteiger partial charge in [0.25, 0.3) is 0 Å². The van der Waals surface area contributed by atoms with Gasteiger partial charge in [0, 0.05) is 0 Å². The van der Waals surface area contributed by atoms with Crippen molar-refractivity contribution in [2.75, 3.05) is 0 Å². The van der Waals surface area contributed by atoms with Crippen molar-refractivity contribution < 1.29 is 0 Å². The van der Waals surface area contributed by atoms with E-state index in [2.05, 4.69) is 97.1 Å². The summed E-state index contributed by atoms with van der Waals surface area (Å²) in [5.41, 5.74) is 12.0. The summed E-state index contributed by atoms with van der Waals surface area (Å²) in [7, 11) is 0. The van der Waals surface area contributed by atoms with E-state index < -0.39 is 20.4 Å². The molecule has 2 aliphatic rings. The van der Waals surface area contributed by atoms with Gasteiger partial charge in [-0.05, 0) is 22.3 Å². The normalized spacial score (nSPS) is 14.2. The molecule has 0 bridgehead atoms. The van der Waals surface area contributed by atoms with Crippen molar-refractivity contribution in [3.8, 4) is 22.3 Å². The minimum absolute atomic E-state index is 0.470. The van der Waals surface area contributed by atoms with Crippen molar-refractivity contribution in [1.82, 2.24) is 0 Å². The Kier molecular flexibility index (Phi) is 3.53. The molecule has 0 nitrogen and oxygen atoms in total. The Hall–Kier alpha value is -2.35. The van der Waals surface area contributed by atoms with Crippen molar-refractivity contribution in [3.05, 3.63) is 119 Å². The lowest BCUT2D eigenvalue weighted by molar-refractivity contribution is 1.09. The van der Waals surface area contributed by atoms with E-state index >= 15 is 0 Å². The summed E-state index contributed by atoms with van der Waals surface area (Å²) >= 11 is -0.470. The van der Waals surface area contributed by atoms with Gasteiger partial charge in [-0.1, -0.05) is 127 Å². The van der Waals surface area contributed by atoms with Gasteiger partial charge in [-0.3, -0.25) is 0 Å². The highest BCUT2D eigenvalue weighted by molar-refractivity contribution is 6.44. The standard InChI is InChI=1S/2C13H9.Mg/c2*1-3-7-12-10(5-1)9-11-6-2-4-8-13(11)12;/h2*1-9H;. The molecule has 0 N–H and O–H groups in total. The van der Waals surface area contributed by atoms with Gasteiger partial charge in [-0.15, -0.1) is 0 Å². The number of rotatable bonds is 2. The second-order valence-electron chi connectivity index (χ2n) is 7.69. The Labute approximate surface area is 169 Å². The zero-order valence-corrected chi connectivity index (χ0v) is 16.5. The average Bonchev–Trinajstić information content (AvgIpc) is 3.23. The van der Waals surface area contributed by atoms with E-state index in [-0.39, 0.29) is 0 Å². The van der Waals surface area contributed by atoms with Crippen LogP contribution >= 0.6 is 0 Å². The molecule has 0 aliphatic heterocycles. The van der Waals surface area contributed by atoms with E-state index in [0.29, 0.717) is 8.09 Å². The number of benzene rings is 4. The second kappa shape index (κ2) is 6.08. The Morgan fingerprint density at radius 1 is 0.370 bits per heavy atom. The maximum Gasteiger partial charge on any atom is 0.401 e. The van der Waals surface area contributed by atoms with Crippen molar-refractivity contribution in [3.63, 3.8) is 0 Å². The van der Waals surface area contributed by atoms with E-state index in [9.17, 15) is 0 Å². The minimum Gasteiger partial charge on any atom is -0.0849 e. The first-order valence-electron chi connectivity index (χ1n) is 9.78. The first-order valence-corrected chi connectivity index (χ1v) is 11.4. The molecule has 1 heteroatoms. The smallest absolute Gasteiger partial charge is 0.0849 e. The molecule has 0 heterocycles. The molecule has 2 aliphatic carbocycles. The van der Waals surface area contributed by atoms with Gasteiger partial charge in [0.05, 0.1) is 0 Å². The molecule has 0 saturated heterocycles. The fourth-order valence-corrected chi connectivity index (χ4v) is 8.17. The van der Waals surface area contributed by atoms with Crippen molar-refractivity contribution >= 4 is 20.4 Å². The molecule has 0 saturated carbocycles. The molecule has 0 unspecified atom stereocenters. The maximum atomic E-state index is 2.36. The summed E-state index contributed by atoms with van der Waals surface area (Å²) in [5, 5.41) is 0. The van der Waals surface area contributed by atoms with E-state index in [0.717, 1.165) is 0 Å². The number of hydrogen-bond donors (Lipinski definition) is 0. The predicted molar refractivity (Wildman–Crippen MR) is 113 cm³/mol. The van der Waals surface area contributed by atoms with Crippen LogP contribution in [-0.4, -0.2) is 20.4 Å². The van der Waals surface area contributed by atoms with Crippen LogP contribution in [0.4, 0.5) is 0 Å². The predicted octanol–water partition coefficient (Wildman–Crippen LogP) is 6.23. The molecule has 124 valence electrons. The summed E-state index contributed by atoms with van der Waals surface area (Å²) in [4.78, 5) is 0. The third-order valence-electron chi connectivity index (χ3n) is 6.40. The second-order valence-corrected chi connectivity index (χ2v) is 9.79. The summed E-state index contributed by atoms with van der Waals surface area (Å²) in [6, 6.07) is 36.2. The molecule has 27 heavy (non-hydrogen) atoms. The SMILES string of the molecule is c1ccc2c(c1)-c1ccccc1[CH]2[Mg][CH]1c2ccccc2-c2ccccc21. The highest BCUT2D eigenvalue weighted by Crippen LogP contribution is 2.50. The van der Waals surface area contributed by atoms with Gasteiger partial charge in [0.2, 0.25) is 0 Å². The summed E-state index contributed by atoms with van der Waals surface area (Å²) in [5.74, 6) is 0. The lowest BCUT2D eigenvalue weighted by atomic mass is 10.1.